The van der Waals surface area contributed by atoms with E-state index in [0.717, 1.165) is 50.0 Å². The molecule has 0 radical (unpaired) electrons. The lowest BCUT2D eigenvalue weighted by Crippen LogP contribution is -2.49. The number of rotatable bonds is 6. The zero-order valence-corrected chi connectivity index (χ0v) is 17.4. The summed E-state index contributed by atoms with van der Waals surface area (Å²) in [5, 5.41) is 2.92. The monoisotopic (exact) mass is 400 g/mol. The van der Waals surface area contributed by atoms with Gasteiger partial charge in [0.25, 0.3) is 0 Å². The van der Waals surface area contributed by atoms with Gasteiger partial charge in [0.05, 0.1) is 5.41 Å². The molecule has 1 aliphatic heterocycles. The van der Waals surface area contributed by atoms with E-state index < -0.39 is 0 Å². The Morgan fingerprint density at radius 1 is 0.933 bits per heavy atom. The van der Waals surface area contributed by atoms with Crippen molar-refractivity contribution >= 4 is 5.91 Å². The maximum absolute atomic E-state index is 12.9. The molecule has 2 aromatic heterocycles. The van der Waals surface area contributed by atoms with Crippen LogP contribution in [0.25, 0.3) is 11.1 Å². The van der Waals surface area contributed by atoms with Crippen LogP contribution in [0, 0.1) is 5.41 Å². The second-order valence-corrected chi connectivity index (χ2v) is 8.11. The Morgan fingerprint density at radius 3 is 2.23 bits per heavy atom. The average molecular weight is 401 g/mol. The molecule has 1 aliphatic rings. The zero-order chi connectivity index (χ0) is 20.8. The average Bonchev–Trinajstić information content (AvgIpc) is 2.81. The first-order valence-electron chi connectivity index (χ1n) is 10.5. The molecule has 3 aromatic rings. The molecule has 1 amide bonds. The molecule has 5 nitrogen and oxygen atoms in total. The fourth-order valence-corrected chi connectivity index (χ4v) is 4.38. The van der Waals surface area contributed by atoms with Crippen molar-refractivity contribution in [2.45, 2.75) is 25.8 Å². The van der Waals surface area contributed by atoms with Crippen LogP contribution >= 0.6 is 0 Å². The number of benzene rings is 1. The molecule has 1 N–H and O–H groups in total. The second kappa shape index (κ2) is 9.18. The van der Waals surface area contributed by atoms with Gasteiger partial charge in [0, 0.05) is 38.4 Å². The molecule has 0 bridgehead atoms. The summed E-state index contributed by atoms with van der Waals surface area (Å²) in [5.41, 5.74) is 4.32. The Balaban J connectivity index is 1.45. The number of aromatic nitrogens is 2. The Kier molecular flexibility index (Phi) is 6.19. The van der Waals surface area contributed by atoms with Crippen LogP contribution in [0.15, 0.2) is 73.3 Å². The van der Waals surface area contributed by atoms with Gasteiger partial charge in [-0.1, -0.05) is 36.4 Å². The minimum atomic E-state index is -0.351. The summed E-state index contributed by atoms with van der Waals surface area (Å²) in [4.78, 5) is 23.7. The van der Waals surface area contributed by atoms with Gasteiger partial charge in [0.1, 0.15) is 0 Å². The maximum atomic E-state index is 12.9. The van der Waals surface area contributed by atoms with Crippen LogP contribution < -0.4 is 5.32 Å². The number of hydrogen-bond acceptors (Lipinski definition) is 4. The lowest BCUT2D eigenvalue weighted by Gasteiger charge is -2.40. The van der Waals surface area contributed by atoms with E-state index in [1.54, 1.807) is 19.4 Å². The van der Waals surface area contributed by atoms with E-state index in [1.165, 1.54) is 11.1 Å². The quantitative estimate of drug-likeness (QED) is 0.685. The molecule has 1 saturated heterocycles. The molecule has 0 saturated carbocycles. The first-order chi connectivity index (χ1) is 14.7. The molecule has 5 heteroatoms. The van der Waals surface area contributed by atoms with E-state index in [-0.39, 0.29) is 11.3 Å². The first kappa shape index (κ1) is 20.2. The summed E-state index contributed by atoms with van der Waals surface area (Å²) in [6, 6.07) is 16.6. The summed E-state index contributed by atoms with van der Waals surface area (Å²) in [6.45, 7) is 2.71. The van der Waals surface area contributed by atoms with E-state index in [1.807, 2.05) is 24.5 Å². The minimum Gasteiger partial charge on any atom is -0.359 e. The molecular weight excluding hydrogens is 372 g/mol. The lowest BCUT2D eigenvalue weighted by molar-refractivity contribution is -0.133. The van der Waals surface area contributed by atoms with Gasteiger partial charge in [-0.05, 0) is 66.7 Å². The van der Waals surface area contributed by atoms with Crippen molar-refractivity contribution in [1.82, 2.24) is 20.2 Å². The molecule has 0 spiro atoms. The molecule has 0 atom stereocenters. The Labute approximate surface area is 178 Å². The number of carbonyl (C=O) groups excluding carboxylic acids is 1. The van der Waals surface area contributed by atoms with Crippen LogP contribution in [0.3, 0.4) is 0 Å². The van der Waals surface area contributed by atoms with Crippen molar-refractivity contribution in [2.24, 2.45) is 5.41 Å². The number of pyridine rings is 2. The van der Waals surface area contributed by atoms with Crippen LogP contribution in [0.4, 0.5) is 0 Å². The molecule has 3 heterocycles. The van der Waals surface area contributed by atoms with E-state index in [2.05, 4.69) is 56.6 Å². The molecule has 0 aliphatic carbocycles. The summed E-state index contributed by atoms with van der Waals surface area (Å²) in [7, 11) is 1.75. The third-order valence-electron chi connectivity index (χ3n) is 6.14. The normalized spacial score (nSPS) is 16.2. The fourth-order valence-electron chi connectivity index (χ4n) is 4.38. The number of likely N-dealkylation sites (tertiary alicyclic amines) is 1. The highest BCUT2D eigenvalue weighted by Crippen LogP contribution is 2.36. The highest BCUT2D eigenvalue weighted by Gasteiger charge is 2.40. The Hall–Kier alpha value is -3.05. The fraction of sp³-hybridized carbons (Fsp3) is 0.320. The number of hydrogen-bond donors (Lipinski definition) is 1. The SMILES string of the molecule is CNC(=O)C1(Cc2ccc(-c3cccnc3)cc2)CCN(Cc2cccnc2)CC1. The molecule has 1 aromatic carbocycles. The van der Waals surface area contributed by atoms with Gasteiger partial charge in [0.15, 0.2) is 0 Å². The highest BCUT2D eigenvalue weighted by molar-refractivity contribution is 5.83. The van der Waals surface area contributed by atoms with E-state index in [0.29, 0.717) is 0 Å². The van der Waals surface area contributed by atoms with Gasteiger partial charge in [-0.25, -0.2) is 0 Å². The predicted octanol–water partition coefficient (Wildman–Crippen LogP) is 3.71. The molecule has 0 unspecified atom stereocenters. The van der Waals surface area contributed by atoms with E-state index >= 15 is 0 Å². The van der Waals surface area contributed by atoms with E-state index in [4.69, 9.17) is 0 Å². The van der Waals surface area contributed by atoms with Crippen molar-refractivity contribution in [3.63, 3.8) is 0 Å². The van der Waals surface area contributed by atoms with Crippen molar-refractivity contribution in [3.05, 3.63) is 84.4 Å². The summed E-state index contributed by atoms with van der Waals surface area (Å²) < 4.78 is 0. The molecule has 1 fully saturated rings. The molecule has 154 valence electrons. The second-order valence-electron chi connectivity index (χ2n) is 8.11. The van der Waals surface area contributed by atoms with Crippen molar-refractivity contribution in [2.75, 3.05) is 20.1 Å². The van der Waals surface area contributed by atoms with Crippen LogP contribution in [0.5, 0.6) is 0 Å². The van der Waals surface area contributed by atoms with Gasteiger partial charge < -0.3 is 5.32 Å². The number of amides is 1. The number of carbonyl (C=O) groups is 1. The van der Waals surface area contributed by atoms with E-state index in [9.17, 15) is 4.79 Å². The van der Waals surface area contributed by atoms with Gasteiger partial charge in [-0.15, -0.1) is 0 Å². The maximum Gasteiger partial charge on any atom is 0.226 e. The lowest BCUT2D eigenvalue weighted by atomic mass is 9.73. The van der Waals surface area contributed by atoms with Crippen molar-refractivity contribution < 1.29 is 4.79 Å². The van der Waals surface area contributed by atoms with Gasteiger partial charge in [0.2, 0.25) is 5.91 Å². The smallest absolute Gasteiger partial charge is 0.226 e. The predicted molar refractivity (Wildman–Crippen MR) is 119 cm³/mol. The molecular formula is C25H28N4O. The number of nitrogens with zero attached hydrogens (tertiary/aromatic N) is 3. The topological polar surface area (TPSA) is 58.1 Å². The van der Waals surface area contributed by atoms with Crippen LogP contribution in [-0.2, 0) is 17.8 Å². The standard InChI is InChI=1S/C25H28N4O/c1-26-24(30)25(10-14-29(15-11-25)19-21-4-2-12-27-17-21)16-20-6-8-22(9-7-20)23-5-3-13-28-18-23/h2-9,12-13,17-18H,10-11,14-16,19H2,1H3,(H,26,30). The zero-order valence-electron chi connectivity index (χ0n) is 17.4. The number of nitrogens with one attached hydrogen (secondary N) is 1. The summed E-state index contributed by atoms with van der Waals surface area (Å²) in [6.07, 6.45) is 9.86. The van der Waals surface area contributed by atoms with Gasteiger partial charge in [-0.2, -0.15) is 0 Å². The minimum absolute atomic E-state index is 0.153. The molecule has 30 heavy (non-hydrogen) atoms. The Morgan fingerprint density at radius 2 is 1.63 bits per heavy atom. The third-order valence-corrected chi connectivity index (χ3v) is 6.14. The highest BCUT2D eigenvalue weighted by atomic mass is 16.2. The summed E-state index contributed by atoms with van der Waals surface area (Å²) >= 11 is 0. The van der Waals surface area contributed by atoms with Crippen LogP contribution in [0.1, 0.15) is 24.0 Å². The first-order valence-corrected chi connectivity index (χ1v) is 10.5. The van der Waals surface area contributed by atoms with Crippen molar-refractivity contribution in [3.8, 4) is 11.1 Å². The largest absolute Gasteiger partial charge is 0.359 e. The number of piperidine rings is 1. The summed E-state index contributed by atoms with van der Waals surface area (Å²) in [5.74, 6) is 0.153. The third kappa shape index (κ3) is 4.57. The van der Waals surface area contributed by atoms with Gasteiger partial charge in [-0.3, -0.25) is 19.7 Å². The van der Waals surface area contributed by atoms with Gasteiger partial charge >= 0.3 is 0 Å². The Bertz CT molecular complexity index is 949. The van der Waals surface area contributed by atoms with Crippen molar-refractivity contribution in [1.29, 1.82) is 0 Å². The molecule has 4 rings (SSSR count). The van der Waals surface area contributed by atoms with Crippen LogP contribution in [0.2, 0.25) is 0 Å². The van der Waals surface area contributed by atoms with Crippen LogP contribution in [-0.4, -0.2) is 40.9 Å².